The summed E-state index contributed by atoms with van der Waals surface area (Å²) in [5, 5.41) is 11.5. The van der Waals surface area contributed by atoms with Gasteiger partial charge in [-0.3, -0.25) is 10.1 Å². The van der Waals surface area contributed by atoms with Crippen molar-refractivity contribution in [2.45, 2.75) is 24.2 Å². The lowest BCUT2D eigenvalue weighted by atomic mass is 10.2. The molecule has 0 unspecified atom stereocenters. The summed E-state index contributed by atoms with van der Waals surface area (Å²) in [7, 11) is -3.75. The summed E-state index contributed by atoms with van der Waals surface area (Å²) in [5.74, 6) is 0.390. The molecular formula is C17H17BrN2O5S. The number of piperidine rings is 1. The van der Waals surface area contributed by atoms with Crippen LogP contribution in [0.3, 0.4) is 0 Å². The fourth-order valence-corrected chi connectivity index (χ4v) is 4.69. The molecule has 1 heterocycles. The first-order chi connectivity index (χ1) is 12.4. The minimum atomic E-state index is -3.75. The molecule has 0 aromatic heterocycles. The number of nitro benzene ring substituents is 1. The van der Waals surface area contributed by atoms with Gasteiger partial charge in [-0.15, -0.1) is 0 Å². The molecule has 1 saturated heterocycles. The molecule has 7 nitrogen and oxygen atoms in total. The molecule has 26 heavy (non-hydrogen) atoms. The van der Waals surface area contributed by atoms with Gasteiger partial charge in [0.2, 0.25) is 15.8 Å². The lowest BCUT2D eigenvalue weighted by molar-refractivity contribution is -0.385. The van der Waals surface area contributed by atoms with Crippen LogP contribution in [0.25, 0.3) is 0 Å². The standard InChI is InChI=1S/C17H17BrN2O5S/c18-14-6-2-3-7-16(14)25-17-9-8-13(12-15(17)20(21)22)26(23,24)19-10-4-1-5-11-19/h2-3,6-9,12H,1,4-5,10-11H2. The Kier molecular flexibility index (Phi) is 5.59. The molecule has 2 aromatic rings. The zero-order chi connectivity index (χ0) is 18.7. The fraction of sp³-hybridized carbons (Fsp3) is 0.294. The van der Waals surface area contributed by atoms with Gasteiger partial charge >= 0.3 is 5.69 Å². The minimum Gasteiger partial charge on any atom is -0.449 e. The predicted octanol–water partition coefficient (Wildman–Crippen LogP) is 4.32. The molecule has 3 rings (SSSR count). The van der Waals surface area contributed by atoms with Crippen LogP contribution in [0.5, 0.6) is 11.5 Å². The number of ether oxygens (including phenoxy) is 1. The van der Waals surface area contributed by atoms with Crippen molar-refractivity contribution in [2.24, 2.45) is 0 Å². The largest absolute Gasteiger partial charge is 0.449 e. The summed E-state index contributed by atoms with van der Waals surface area (Å²) in [5.41, 5.74) is -0.390. The van der Waals surface area contributed by atoms with E-state index >= 15 is 0 Å². The van der Waals surface area contributed by atoms with Crippen LogP contribution in [0.4, 0.5) is 5.69 Å². The monoisotopic (exact) mass is 440 g/mol. The smallest absolute Gasteiger partial charge is 0.312 e. The molecule has 0 saturated carbocycles. The van der Waals surface area contributed by atoms with Crippen LogP contribution in [-0.2, 0) is 10.0 Å². The van der Waals surface area contributed by atoms with Gasteiger partial charge in [0.25, 0.3) is 0 Å². The predicted molar refractivity (Wildman–Crippen MR) is 99.9 cm³/mol. The second-order valence-corrected chi connectivity index (χ2v) is 8.68. The zero-order valence-electron chi connectivity index (χ0n) is 13.8. The van der Waals surface area contributed by atoms with Crippen molar-refractivity contribution in [3.63, 3.8) is 0 Å². The third kappa shape index (κ3) is 3.89. The normalized spacial score (nSPS) is 15.6. The molecule has 1 aliphatic rings. The van der Waals surface area contributed by atoms with E-state index in [0.717, 1.165) is 25.3 Å². The number of halogens is 1. The van der Waals surface area contributed by atoms with E-state index in [1.807, 2.05) is 0 Å². The summed E-state index contributed by atoms with van der Waals surface area (Å²) < 4.78 is 33.1. The topological polar surface area (TPSA) is 89.8 Å². The molecule has 0 N–H and O–H groups in total. The highest BCUT2D eigenvalue weighted by Crippen LogP contribution is 2.36. The Labute approximate surface area is 159 Å². The Morgan fingerprint density at radius 3 is 2.38 bits per heavy atom. The van der Waals surface area contributed by atoms with E-state index in [2.05, 4.69) is 15.9 Å². The maximum absolute atomic E-state index is 12.7. The number of para-hydroxylation sites is 1. The van der Waals surface area contributed by atoms with Gasteiger partial charge in [0.1, 0.15) is 5.75 Å². The number of nitrogens with zero attached hydrogens (tertiary/aromatic N) is 2. The van der Waals surface area contributed by atoms with E-state index in [1.54, 1.807) is 24.3 Å². The Balaban J connectivity index is 1.97. The number of sulfonamides is 1. The first-order valence-corrected chi connectivity index (χ1v) is 10.3. The van der Waals surface area contributed by atoms with Gasteiger partial charge in [0.05, 0.1) is 14.3 Å². The van der Waals surface area contributed by atoms with Crippen molar-refractivity contribution in [3.05, 3.63) is 57.1 Å². The third-order valence-corrected chi connectivity index (χ3v) is 6.69. The van der Waals surface area contributed by atoms with Crippen LogP contribution in [-0.4, -0.2) is 30.7 Å². The molecule has 0 amide bonds. The highest BCUT2D eigenvalue weighted by molar-refractivity contribution is 9.10. The van der Waals surface area contributed by atoms with Gasteiger partial charge in [-0.25, -0.2) is 8.42 Å². The zero-order valence-corrected chi connectivity index (χ0v) is 16.2. The Hall–Kier alpha value is -1.97. The maximum Gasteiger partial charge on any atom is 0.312 e. The van der Waals surface area contributed by atoms with Gasteiger partial charge in [-0.1, -0.05) is 18.6 Å². The van der Waals surface area contributed by atoms with Gasteiger partial charge < -0.3 is 4.74 Å². The molecule has 9 heteroatoms. The Morgan fingerprint density at radius 1 is 1.04 bits per heavy atom. The molecular weight excluding hydrogens is 424 g/mol. The van der Waals surface area contributed by atoms with E-state index in [9.17, 15) is 18.5 Å². The minimum absolute atomic E-state index is 0.0144. The van der Waals surface area contributed by atoms with E-state index < -0.39 is 14.9 Å². The fourth-order valence-electron chi connectivity index (χ4n) is 2.79. The highest BCUT2D eigenvalue weighted by Gasteiger charge is 2.29. The number of rotatable bonds is 5. The molecule has 1 fully saturated rings. The van der Waals surface area contributed by atoms with Gasteiger partial charge in [0, 0.05) is 19.2 Å². The number of nitro groups is 1. The number of hydrogen-bond donors (Lipinski definition) is 0. The molecule has 1 aliphatic heterocycles. The quantitative estimate of drug-likeness (QED) is 0.509. The molecule has 138 valence electrons. The Morgan fingerprint density at radius 2 is 1.73 bits per heavy atom. The first kappa shape index (κ1) is 18.8. The summed E-state index contributed by atoms with van der Waals surface area (Å²) in [6.45, 7) is 0.872. The van der Waals surface area contributed by atoms with Crippen molar-refractivity contribution < 1.29 is 18.1 Å². The summed E-state index contributed by atoms with van der Waals surface area (Å²) >= 11 is 3.32. The van der Waals surface area contributed by atoms with Crippen molar-refractivity contribution in [1.29, 1.82) is 0 Å². The summed E-state index contributed by atoms with van der Waals surface area (Å²) in [6, 6.07) is 10.7. The van der Waals surface area contributed by atoms with Crippen LogP contribution < -0.4 is 4.74 Å². The van der Waals surface area contributed by atoms with Crippen LogP contribution in [0.2, 0.25) is 0 Å². The molecule has 0 spiro atoms. The number of hydrogen-bond acceptors (Lipinski definition) is 5. The van der Waals surface area contributed by atoms with Gasteiger partial charge in [-0.05, 0) is 53.0 Å². The molecule has 2 aromatic carbocycles. The van der Waals surface area contributed by atoms with E-state index in [4.69, 9.17) is 4.74 Å². The van der Waals surface area contributed by atoms with Crippen LogP contribution in [0.15, 0.2) is 51.8 Å². The maximum atomic E-state index is 12.7. The van der Waals surface area contributed by atoms with Crippen molar-refractivity contribution in [3.8, 4) is 11.5 Å². The molecule has 0 atom stereocenters. The highest BCUT2D eigenvalue weighted by atomic mass is 79.9. The van der Waals surface area contributed by atoms with Gasteiger partial charge in [-0.2, -0.15) is 4.31 Å². The second-order valence-electron chi connectivity index (χ2n) is 5.88. The third-order valence-electron chi connectivity index (χ3n) is 4.14. The number of benzene rings is 2. The van der Waals surface area contributed by atoms with E-state index in [0.29, 0.717) is 23.3 Å². The molecule has 0 aliphatic carbocycles. The lowest BCUT2D eigenvalue weighted by Gasteiger charge is -2.25. The molecule has 0 bridgehead atoms. The van der Waals surface area contributed by atoms with Crippen LogP contribution >= 0.6 is 15.9 Å². The SMILES string of the molecule is O=[N+]([O-])c1cc(S(=O)(=O)N2CCCCC2)ccc1Oc1ccccc1Br. The first-order valence-electron chi connectivity index (χ1n) is 8.10. The average Bonchev–Trinajstić information content (AvgIpc) is 2.64. The van der Waals surface area contributed by atoms with Crippen LogP contribution in [0, 0.1) is 10.1 Å². The second kappa shape index (κ2) is 7.73. The van der Waals surface area contributed by atoms with Crippen LogP contribution in [0.1, 0.15) is 19.3 Å². The average molecular weight is 441 g/mol. The van der Waals surface area contributed by atoms with Crippen molar-refractivity contribution >= 4 is 31.6 Å². The summed E-state index contributed by atoms with van der Waals surface area (Å²) in [4.78, 5) is 10.7. The Bertz CT molecular complexity index is 927. The molecule has 0 radical (unpaired) electrons. The van der Waals surface area contributed by atoms with E-state index in [1.165, 1.54) is 16.4 Å². The van der Waals surface area contributed by atoms with E-state index in [-0.39, 0.29) is 16.3 Å². The van der Waals surface area contributed by atoms with Gasteiger partial charge in [0.15, 0.2) is 0 Å². The van der Waals surface area contributed by atoms with Crippen molar-refractivity contribution in [1.82, 2.24) is 4.31 Å². The lowest BCUT2D eigenvalue weighted by Crippen LogP contribution is -2.35. The summed E-state index contributed by atoms with van der Waals surface area (Å²) in [6.07, 6.45) is 2.58. The van der Waals surface area contributed by atoms with Crippen molar-refractivity contribution in [2.75, 3.05) is 13.1 Å².